The summed E-state index contributed by atoms with van der Waals surface area (Å²) >= 11 is 1.60. The summed E-state index contributed by atoms with van der Waals surface area (Å²) < 4.78 is 5.17. The summed E-state index contributed by atoms with van der Waals surface area (Å²) in [5.74, 6) is 1.54. The predicted octanol–water partition coefficient (Wildman–Crippen LogP) is 4.49. The second kappa shape index (κ2) is 9.63. The predicted molar refractivity (Wildman–Crippen MR) is 119 cm³/mol. The molecule has 0 saturated carbocycles. The van der Waals surface area contributed by atoms with Crippen molar-refractivity contribution >= 4 is 29.2 Å². The lowest BCUT2D eigenvalue weighted by Gasteiger charge is -2.33. The Morgan fingerprint density at radius 1 is 1.10 bits per heavy atom. The molecule has 0 radical (unpaired) electrons. The maximum atomic E-state index is 12.9. The van der Waals surface area contributed by atoms with Crippen LogP contribution in [-0.2, 0) is 4.79 Å². The monoisotopic (exact) mass is 420 g/mol. The molecule has 0 spiro atoms. The van der Waals surface area contributed by atoms with Crippen LogP contribution in [0.15, 0.2) is 76.9 Å². The van der Waals surface area contributed by atoms with E-state index in [0.717, 1.165) is 46.6 Å². The second-order valence-electron chi connectivity index (χ2n) is 7.10. The Bertz CT molecular complexity index is 982. The quantitative estimate of drug-likeness (QED) is 0.634. The molecule has 6 nitrogen and oxygen atoms in total. The fourth-order valence-corrected chi connectivity index (χ4v) is 4.41. The molecule has 1 saturated heterocycles. The van der Waals surface area contributed by atoms with Crippen molar-refractivity contribution in [2.24, 2.45) is 5.92 Å². The van der Waals surface area contributed by atoms with Gasteiger partial charge in [0.15, 0.2) is 5.82 Å². The normalized spacial score (nSPS) is 16.2. The third kappa shape index (κ3) is 4.91. The van der Waals surface area contributed by atoms with E-state index >= 15 is 0 Å². The Labute approximate surface area is 180 Å². The number of ether oxygens (including phenoxy) is 1. The van der Waals surface area contributed by atoms with Gasteiger partial charge < -0.3 is 15.0 Å². The lowest BCUT2D eigenvalue weighted by atomic mass is 9.97. The van der Waals surface area contributed by atoms with E-state index in [1.807, 2.05) is 42.5 Å². The molecule has 1 aliphatic rings. The van der Waals surface area contributed by atoms with E-state index in [2.05, 4.69) is 32.3 Å². The Balaban J connectivity index is 1.45. The maximum absolute atomic E-state index is 12.9. The van der Waals surface area contributed by atoms with Gasteiger partial charge >= 0.3 is 0 Å². The van der Waals surface area contributed by atoms with Crippen LogP contribution in [0.2, 0.25) is 0 Å². The molecule has 0 aliphatic carbocycles. The first-order chi connectivity index (χ1) is 14.7. The highest BCUT2D eigenvalue weighted by atomic mass is 32.2. The lowest BCUT2D eigenvalue weighted by molar-refractivity contribution is -0.120. The van der Waals surface area contributed by atoms with Crippen LogP contribution in [0.3, 0.4) is 0 Å². The standard InChI is InChI=1S/C23H24N4O2S/c1-29-19-11-9-18(10-12-19)26-22(28)17-6-5-15-27(16-17)21-23(25-14-13-24-21)30-20-7-3-2-4-8-20/h2-4,7-14,17H,5-6,15-16H2,1H3,(H,26,28)/t17-/m1/s1. The minimum atomic E-state index is -0.0996. The summed E-state index contributed by atoms with van der Waals surface area (Å²) in [5, 5.41) is 3.89. The number of carbonyl (C=O) groups is 1. The molecule has 1 aromatic heterocycles. The van der Waals surface area contributed by atoms with Gasteiger partial charge in [-0.1, -0.05) is 30.0 Å². The summed E-state index contributed by atoms with van der Waals surface area (Å²) in [7, 11) is 1.63. The van der Waals surface area contributed by atoms with Crippen LogP contribution in [0.1, 0.15) is 12.8 Å². The SMILES string of the molecule is COc1ccc(NC(=O)[C@@H]2CCCN(c3nccnc3Sc3ccccc3)C2)cc1. The Kier molecular flexibility index (Phi) is 6.49. The smallest absolute Gasteiger partial charge is 0.229 e. The number of nitrogens with one attached hydrogen (secondary N) is 1. The number of carbonyl (C=O) groups excluding carboxylic acids is 1. The van der Waals surface area contributed by atoms with Gasteiger partial charge in [-0.3, -0.25) is 4.79 Å². The van der Waals surface area contributed by atoms with Gasteiger partial charge in [-0.2, -0.15) is 0 Å². The number of hydrogen-bond acceptors (Lipinski definition) is 6. The molecule has 0 unspecified atom stereocenters. The first kappa shape index (κ1) is 20.2. The van der Waals surface area contributed by atoms with Crippen molar-refractivity contribution in [1.82, 2.24) is 9.97 Å². The van der Waals surface area contributed by atoms with Crippen LogP contribution in [0.4, 0.5) is 11.5 Å². The molecule has 7 heteroatoms. The summed E-state index contributed by atoms with van der Waals surface area (Å²) in [5.41, 5.74) is 0.776. The maximum Gasteiger partial charge on any atom is 0.229 e. The molecule has 4 rings (SSSR count). The second-order valence-corrected chi connectivity index (χ2v) is 8.17. The van der Waals surface area contributed by atoms with Gasteiger partial charge in [0.25, 0.3) is 0 Å². The highest BCUT2D eigenvalue weighted by Gasteiger charge is 2.28. The highest BCUT2D eigenvalue weighted by molar-refractivity contribution is 7.99. The Morgan fingerprint density at radius 2 is 1.87 bits per heavy atom. The van der Waals surface area contributed by atoms with E-state index in [4.69, 9.17) is 4.74 Å². The van der Waals surface area contributed by atoms with E-state index in [1.54, 1.807) is 31.3 Å². The van der Waals surface area contributed by atoms with E-state index in [0.29, 0.717) is 6.54 Å². The van der Waals surface area contributed by atoms with Crippen molar-refractivity contribution in [3.8, 4) is 5.75 Å². The molecule has 1 atom stereocenters. The van der Waals surface area contributed by atoms with Gasteiger partial charge in [0, 0.05) is 36.1 Å². The zero-order valence-corrected chi connectivity index (χ0v) is 17.6. The van der Waals surface area contributed by atoms with Crippen molar-refractivity contribution < 1.29 is 9.53 Å². The summed E-state index contributed by atoms with van der Waals surface area (Å²) in [6.45, 7) is 1.50. The first-order valence-corrected chi connectivity index (χ1v) is 10.8. The van der Waals surface area contributed by atoms with E-state index < -0.39 is 0 Å². The number of aromatic nitrogens is 2. The number of benzene rings is 2. The molecule has 2 aromatic carbocycles. The Hall–Kier alpha value is -3.06. The molecule has 1 amide bonds. The first-order valence-electron chi connectivity index (χ1n) is 9.96. The number of methoxy groups -OCH3 is 1. The molecular formula is C23H24N4O2S. The zero-order chi connectivity index (χ0) is 20.8. The average molecular weight is 421 g/mol. The van der Waals surface area contributed by atoms with Crippen LogP contribution < -0.4 is 15.0 Å². The van der Waals surface area contributed by atoms with Crippen molar-refractivity contribution in [1.29, 1.82) is 0 Å². The molecule has 154 valence electrons. The molecule has 1 aliphatic heterocycles. The zero-order valence-electron chi connectivity index (χ0n) is 16.8. The van der Waals surface area contributed by atoms with Crippen molar-refractivity contribution in [2.75, 3.05) is 30.4 Å². The van der Waals surface area contributed by atoms with Crippen LogP contribution in [0, 0.1) is 5.92 Å². The molecule has 1 fully saturated rings. The van der Waals surface area contributed by atoms with E-state index in [9.17, 15) is 4.79 Å². The van der Waals surface area contributed by atoms with E-state index in [-0.39, 0.29) is 11.8 Å². The summed E-state index contributed by atoms with van der Waals surface area (Å²) in [6.07, 6.45) is 5.23. The number of anilines is 2. The fraction of sp³-hybridized carbons (Fsp3) is 0.261. The van der Waals surface area contributed by atoms with E-state index in [1.165, 1.54) is 0 Å². The fourth-order valence-electron chi connectivity index (χ4n) is 3.51. The van der Waals surface area contributed by atoms with Crippen LogP contribution in [0.25, 0.3) is 0 Å². The van der Waals surface area contributed by atoms with Gasteiger partial charge in [0.1, 0.15) is 10.8 Å². The minimum absolute atomic E-state index is 0.0334. The number of amides is 1. The van der Waals surface area contributed by atoms with Gasteiger partial charge in [0.2, 0.25) is 5.91 Å². The minimum Gasteiger partial charge on any atom is -0.497 e. The largest absolute Gasteiger partial charge is 0.497 e. The number of piperidine rings is 1. The number of nitrogens with zero attached hydrogens (tertiary/aromatic N) is 3. The highest BCUT2D eigenvalue weighted by Crippen LogP contribution is 2.34. The van der Waals surface area contributed by atoms with Crippen molar-refractivity contribution in [3.05, 3.63) is 67.0 Å². The molecule has 30 heavy (non-hydrogen) atoms. The molecule has 1 N–H and O–H groups in total. The van der Waals surface area contributed by atoms with Crippen LogP contribution in [0.5, 0.6) is 5.75 Å². The van der Waals surface area contributed by atoms with Gasteiger partial charge in [-0.15, -0.1) is 0 Å². The molecular weight excluding hydrogens is 396 g/mol. The Morgan fingerprint density at radius 3 is 2.63 bits per heavy atom. The summed E-state index contributed by atoms with van der Waals surface area (Å²) in [4.78, 5) is 25.3. The summed E-state index contributed by atoms with van der Waals surface area (Å²) in [6, 6.07) is 17.5. The number of hydrogen-bond donors (Lipinski definition) is 1. The lowest BCUT2D eigenvalue weighted by Crippen LogP contribution is -2.41. The topological polar surface area (TPSA) is 67.3 Å². The molecule has 2 heterocycles. The molecule has 3 aromatic rings. The third-order valence-corrected chi connectivity index (χ3v) is 6.04. The van der Waals surface area contributed by atoms with Crippen LogP contribution >= 0.6 is 11.8 Å². The van der Waals surface area contributed by atoms with Gasteiger partial charge in [0.05, 0.1) is 13.0 Å². The average Bonchev–Trinajstić information content (AvgIpc) is 2.81. The van der Waals surface area contributed by atoms with Crippen molar-refractivity contribution in [2.45, 2.75) is 22.8 Å². The van der Waals surface area contributed by atoms with Gasteiger partial charge in [-0.05, 0) is 49.2 Å². The van der Waals surface area contributed by atoms with Crippen molar-refractivity contribution in [3.63, 3.8) is 0 Å². The van der Waals surface area contributed by atoms with Gasteiger partial charge in [-0.25, -0.2) is 9.97 Å². The molecule has 0 bridgehead atoms. The third-order valence-electron chi connectivity index (χ3n) is 5.05. The number of rotatable bonds is 6. The van der Waals surface area contributed by atoms with Crippen LogP contribution in [-0.4, -0.2) is 36.1 Å².